The largest absolute Gasteiger partial charge is 0.354 e. The molecule has 3 N–H and O–H groups in total. The van der Waals surface area contributed by atoms with Crippen LogP contribution >= 0.6 is 24.2 Å². The number of thioether (sulfide) groups is 1. The van der Waals surface area contributed by atoms with Crippen LogP contribution in [0.25, 0.3) is 0 Å². The SMILES string of the molecule is Cl.O=C(NCCC1CCCNC1)C1CSC(Cc2ccccc2F)C(=O)N1. The lowest BCUT2D eigenvalue weighted by molar-refractivity contribution is -0.128. The zero-order valence-corrected chi connectivity index (χ0v) is 16.8. The predicted molar refractivity (Wildman–Crippen MR) is 109 cm³/mol. The van der Waals surface area contributed by atoms with Crippen molar-refractivity contribution < 1.29 is 14.0 Å². The fourth-order valence-corrected chi connectivity index (χ4v) is 4.62. The number of piperidine rings is 1. The van der Waals surface area contributed by atoms with E-state index < -0.39 is 6.04 Å². The maximum atomic E-state index is 13.8. The lowest BCUT2D eigenvalue weighted by Crippen LogP contribution is -2.54. The van der Waals surface area contributed by atoms with Crippen LogP contribution in [0.3, 0.4) is 0 Å². The minimum atomic E-state index is -0.506. The van der Waals surface area contributed by atoms with E-state index in [1.165, 1.54) is 30.7 Å². The van der Waals surface area contributed by atoms with Crippen molar-refractivity contribution in [2.24, 2.45) is 5.92 Å². The number of hydrogen-bond acceptors (Lipinski definition) is 4. The highest BCUT2D eigenvalue weighted by atomic mass is 35.5. The van der Waals surface area contributed by atoms with Crippen LogP contribution in [-0.4, -0.2) is 48.5 Å². The van der Waals surface area contributed by atoms with Crippen LogP contribution < -0.4 is 16.0 Å². The smallest absolute Gasteiger partial charge is 0.243 e. The van der Waals surface area contributed by atoms with E-state index in [0.29, 0.717) is 30.2 Å². The minimum Gasteiger partial charge on any atom is -0.354 e. The summed E-state index contributed by atoms with van der Waals surface area (Å²) in [7, 11) is 0. The van der Waals surface area contributed by atoms with Crippen molar-refractivity contribution >= 4 is 36.0 Å². The average Bonchev–Trinajstić information content (AvgIpc) is 2.66. The highest BCUT2D eigenvalue weighted by Crippen LogP contribution is 2.23. The summed E-state index contributed by atoms with van der Waals surface area (Å²) in [6.07, 6.45) is 3.70. The Morgan fingerprint density at radius 1 is 1.33 bits per heavy atom. The highest BCUT2D eigenvalue weighted by molar-refractivity contribution is 8.00. The number of hydrogen-bond donors (Lipinski definition) is 3. The maximum Gasteiger partial charge on any atom is 0.243 e. The van der Waals surface area contributed by atoms with Crippen LogP contribution in [0.15, 0.2) is 24.3 Å². The summed E-state index contributed by atoms with van der Waals surface area (Å²) in [6.45, 7) is 2.74. The summed E-state index contributed by atoms with van der Waals surface area (Å²) >= 11 is 1.42. The molecular formula is C19H27ClFN3O2S. The lowest BCUT2D eigenvalue weighted by Gasteiger charge is -2.28. The van der Waals surface area contributed by atoms with Gasteiger partial charge in [-0.1, -0.05) is 18.2 Å². The Morgan fingerprint density at radius 2 is 2.15 bits per heavy atom. The van der Waals surface area contributed by atoms with Crippen molar-refractivity contribution in [3.8, 4) is 0 Å². The highest BCUT2D eigenvalue weighted by Gasteiger charge is 2.32. The standard InChI is InChI=1S/C19H26FN3O2S.ClH/c20-15-6-2-1-5-14(15)10-17-19(25)23-16(12-26-17)18(24)22-9-7-13-4-3-8-21-11-13;/h1-2,5-6,13,16-17,21H,3-4,7-12H2,(H,22,24)(H,23,25);1H. The molecule has 2 heterocycles. The van der Waals surface area contributed by atoms with Crippen molar-refractivity contribution in [2.75, 3.05) is 25.4 Å². The molecule has 0 saturated carbocycles. The van der Waals surface area contributed by atoms with Gasteiger partial charge in [0.15, 0.2) is 0 Å². The van der Waals surface area contributed by atoms with Gasteiger partial charge < -0.3 is 16.0 Å². The molecule has 1 aromatic carbocycles. The Balaban J connectivity index is 0.00000261. The van der Waals surface area contributed by atoms with Gasteiger partial charge in [-0.25, -0.2) is 4.39 Å². The van der Waals surface area contributed by atoms with Crippen molar-refractivity contribution in [3.05, 3.63) is 35.6 Å². The zero-order chi connectivity index (χ0) is 18.4. The van der Waals surface area contributed by atoms with E-state index in [1.54, 1.807) is 18.2 Å². The molecule has 8 heteroatoms. The summed E-state index contributed by atoms with van der Waals surface area (Å²) in [5, 5.41) is 8.74. The minimum absolute atomic E-state index is 0. The van der Waals surface area contributed by atoms with Gasteiger partial charge in [0.1, 0.15) is 11.9 Å². The Kier molecular flexibility index (Phi) is 8.86. The van der Waals surface area contributed by atoms with Crippen LogP contribution in [0.2, 0.25) is 0 Å². The summed E-state index contributed by atoms with van der Waals surface area (Å²) < 4.78 is 13.8. The number of carbonyl (C=O) groups excluding carboxylic acids is 2. The second-order valence-electron chi connectivity index (χ2n) is 6.97. The molecule has 5 nitrogen and oxygen atoms in total. The molecule has 0 aromatic heterocycles. The van der Waals surface area contributed by atoms with Gasteiger partial charge >= 0.3 is 0 Å². The van der Waals surface area contributed by atoms with E-state index in [9.17, 15) is 14.0 Å². The van der Waals surface area contributed by atoms with Gasteiger partial charge in [-0.2, -0.15) is 0 Å². The molecule has 1 aromatic rings. The molecule has 2 saturated heterocycles. The molecule has 2 fully saturated rings. The molecule has 0 radical (unpaired) electrons. The summed E-state index contributed by atoms with van der Waals surface area (Å²) in [4.78, 5) is 24.6. The molecule has 3 rings (SSSR count). The second-order valence-corrected chi connectivity index (χ2v) is 8.21. The molecule has 27 heavy (non-hydrogen) atoms. The van der Waals surface area contributed by atoms with Crippen molar-refractivity contribution in [1.82, 2.24) is 16.0 Å². The molecule has 150 valence electrons. The quantitative estimate of drug-likeness (QED) is 0.663. The average molecular weight is 416 g/mol. The third-order valence-corrected chi connectivity index (χ3v) is 6.31. The number of halogens is 2. The van der Waals surface area contributed by atoms with Crippen LogP contribution in [0.5, 0.6) is 0 Å². The van der Waals surface area contributed by atoms with Crippen LogP contribution in [0.1, 0.15) is 24.8 Å². The summed E-state index contributed by atoms with van der Waals surface area (Å²) in [6, 6.07) is 5.99. The van der Waals surface area contributed by atoms with E-state index >= 15 is 0 Å². The Hall–Kier alpha value is -1.31. The molecule has 0 spiro atoms. The Morgan fingerprint density at radius 3 is 2.85 bits per heavy atom. The molecule has 0 bridgehead atoms. The van der Waals surface area contributed by atoms with Gasteiger partial charge in [0.2, 0.25) is 11.8 Å². The number of rotatable bonds is 6. The molecule has 0 aliphatic carbocycles. The van der Waals surface area contributed by atoms with Gasteiger partial charge in [-0.3, -0.25) is 9.59 Å². The number of nitrogens with one attached hydrogen (secondary N) is 3. The first-order chi connectivity index (χ1) is 12.6. The zero-order valence-electron chi connectivity index (χ0n) is 15.2. The predicted octanol–water partition coefficient (Wildman–Crippen LogP) is 1.90. The fraction of sp³-hybridized carbons (Fsp3) is 0.579. The molecule has 2 aliphatic heterocycles. The van der Waals surface area contributed by atoms with Crippen LogP contribution in [-0.2, 0) is 16.0 Å². The second kappa shape index (κ2) is 10.9. The monoisotopic (exact) mass is 415 g/mol. The number of amides is 2. The Bertz CT molecular complexity index is 643. The first-order valence-corrected chi connectivity index (χ1v) is 10.3. The molecule has 3 unspecified atom stereocenters. The van der Waals surface area contributed by atoms with E-state index in [4.69, 9.17) is 0 Å². The van der Waals surface area contributed by atoms with Crippen LogP contribution in [0.4, 0.5) is 4.39 Å². The summed E-state index contributed by atoms with van der Waals surface area (Å²) in [5.41, 5.74) is 0.532. The molecule has 2 amide bonds. The molecule has 2 aliphatic rings. The first kappa shape index (κ1) is 22.0. The van der Waals surface area contributed by atoms with E-state index in [-0.39, 0.29) is 35.3 Å². The van der Waals surface area contributed by atoms with E-state index in [0.717, 1.165) is 19.5 Å². The summed E-state index contributed by atoms with van der Waals surface area (Å²) in [5.74, 6) is 0.518. The van der Waals surface area contributed by atoms with Gasteiger partial charge in [-0.15, -0.1) is 24.2 Å². The third kappa shape index (κ3) is 6.36. The van der Waals surface area contributed by atoms with Crippen molar-refractivity contribution in [3.63, 3.8) is 0 Å². The fourth-order valence-electron chi connectivity index (χ4n) is 3.44. The molecule has 3 atom stereocenters. The van der Waals surface area contributed by atoms with Gasteiger partial charge in [0.25, 0.3) is 0 Å². The van der Waals surface area contributed by atoms with Gasteiger partial charge in [0, 0.05) is 12.3 Å². The molecular weight excluding hydrogens is 389 g/mol. The lowest BCUT2D eigenvalue weighted by atomic mass is 9.96. The Labute approximate surface area is 170 Å². The van der Waals surface area contributed by atoms with E-state index in [1.807, 2.05) is 0 Å². The first-order valence-electron chi connectivity index (χ1n) is 9.27. The van der Waals surface area contributed by atoms with Crippen LogP contribution in [0, 0.1) is 11.7 Å². The normalized spacial score (nSPS) is 25.2. The third-order valence-electron chi connectivity index (χ3n) is 5.00. The van der Waals surface area contributed by atoms with Crippen molar-refractivity contribution in [2.45, 2.75) is 37.0 Å². The number of benzene rings is 1. The van der Waals surface area contributed by atoms with Crippen molar-refractivity contribution in [1.29, 1.82) is 0 Å². The van der Waals surface area contributed by atoms with E-state index in [2.05, 4.69) is 16.0 Å². The topological polar surface area (TPSA) is 70.2 Å². The van der Waals surface area contributed by atoms with Gasteiger partial charge in [0.05, 0.1) is 5.25 Å². The maximum absolute atomic E-state index is 13.8. The number of carbonyl (C=O) groups is 2. The van der Waals surface area contributed by atoms with Gasteiger partial charge in [-0.05, 0) is 56.3 Å².